The molecule has 2 aromatic carbocycles. The third kappa shape index (κ3) is 4.02. The van der Waals surface area contributed by atoms with E-state index in [0.29, 0.717) is 34.7 Å². The van der Waals surface area contributed by atoms with Gasteiger partial charge in [0.1, 0.15) is 10.7 Å². The predicted octanol–water partition coefficient (Wildman–Crippen LogP) is 3.97. The second kappa shape index (κ2) is 8.08. The lowest BCUT2D eigenvalue weighted by atomic mass is 10.2. The smallest absolute Gasteiger partial charge is 0.348 e. The second-order valence-electron chi connectivity index (χ2n) is 6.43. The van der Waals surface area contributed by atoms with Gasteiger partial charge in [-0.15, -0.1) is 11.3 Å². The van der Waals surface area contributed by atoms with Gasteiger partial charge >= 0.3 is 5.97 Å². The molecule has 0 unspecified atom stereocenters. The monoisotopic (exact) mass is 415 g/mol. The zero-order chi connectivity index (χ0) is 20.4. The van der Waals surface area contributed by atoms with E-state index in [2.05, 4.69) is 0 Å². The van der Waals surface area contributed by atoms with Gasteiger partial charge in [0.2, 0.25) is 6.79 Å². The standard InChI is InChI=1S/C21H18FNO5S/c1-2-23(10-13-6-7-16-17(8-13)28-12-27-16)20(24)11-26-21(25)19-9-14-15(22)4-3-5-18(14)29-19/h3-9H,2,10-12H2,1H3. The molecule has 4 rings (SSSR count). The van der Waals surface area contributed by atoms with Crippen molar-refractivity contribution in [2.75, 3.05) is 19.9 Å². The van der Waals surface area contributed by atoms with Crippen molar-refractivity contribution < 1.29 is 28.2 Å². The largest absolute Gasteiger partial charge is 0.454 e. The van der Waals surface area contributed by atoms with Gasteiger partial charge in [-0.3, -0.25) is 4.79 Å². The molecule has 1 aromatic heterocycles. The van der Waals surface area contributed by atoms with E-state index in [9.17, 15) is 14.0 Å². The molecule has 150 valence electrons. The van der Waals surface area contributed by atoms with Gasteiger partial charge in [0, 0.05) is 23.2 Å². The van der Waals surface area contributed by atoms with Crippen molar-refractivity contribution in [1.82, 2.24) is 4.90 Å². The summed E-state index contributed by atoms with van der Waals surface area (Å²) in [4.78, 5) is 26.6. The molecule has 1 amide bonds. The van der Waals surface area contributed by atoms with Gasteiger partial charge in [-0.25, -0.2) is 9.18 Å². The number of ether oxygens (including phenoxy) is 3. The Morgan fingerprint density at radius 2 is 2.00 bits per heavy atom. The molecule has 0 saturated carbocycles. The molecule has 2 heterocycles. The number of carbonyl (C=O) groups excluding carboxylic acids is 2. The van der Waals surface area contributed by atoms with Crippen LogP contribution in [0.4, 0.5) is 4.39 Å². The number of carbonyl (C=O) groups is 2. The molecule has 0 radical (unpaired) electrons. The summed E-state index contributed by atoms with van der Waals surface area (Å²) in [5, 5.41) is 0.369. The molecule has 0 atom stereocenters. The van der Waals surface area contributed by atoms with Gasteiger partial charge in [0.05, 0.1) is 0 Å². The lowest BCUT2D eigenvalue weighted by Crippen LogP contribution is -2.34. The van der Waals surface area contributed by atoms with Gasteiger partial charge in [0.15, 0.2) is 18.1 Å². The molecule has 29 heavy (non-hydrogen) atoms. The average molecular weight is 415 g/mol. The van der Waals surface area contributed by atoms with E-state index in [1.54, 1.807) is 23.1 Å². The maximum atomic E-state index is 13.8. The number of amides is 1. The van der Waals surface area contributed by atoms with Crippen LogP contribution < -0.4 is 9.47 Å². The number of thiophene rings is 1. The number of halogens is 1. The Morgan fingerprint density at radius 3 is 2.79 bits per heavy atom. The third-order valence-corrected chi connectivity index (χ3v) is 5.66. The number of benzene rings is 2. The van der Waals surface area contributed by atoms with Crippen LogP contribution in [-0.2, 0) is 16.1 Å². The van der Waals surface area contributed by atoms with Crippen LogP contribution in [-0.4, -0.2) is 36.7 Å². The van der Waals surface area contributed by atoms with Crippen LogP contribution in [0.25, 0.3) is 10.1 Å². The summed E-state index contributed by atoms with van der Waals surface area (Å²) in [5.41, 5.74) is 0.885. The van der Waals surface area contributed by atoms with Crippen molar-refractivity contribution in [3.8, 4) is 11.5 Å². The zero-order valence-corrected chi connectivity index (χ0v) is 16.5. The quantitative estimate of drug-likeness (QED) is 0.570. The summed E-state index contributed by atoms with van der Waals surface area (Å²) < 4.78 is 30.3. The minimum Gasteiger partial charge on any atom is -0.454 e. The van der Waals surface area contributed by atoms with Crippen molar-refractivity contribution in [3.05, 3.63) is 58.7 Å². The summed E-state index contributed by atoms with van der Waals surface area (Å²) in [6, 6.07) is 11.6. The van der Waals surface area contributed by atoms with Gasteiger partial charge in [-0.1, -0.05) is 12.1 Å². The Morgan fingerprint density at radius 1 is 1.17 bits per heavy atom. The molecule has 0 bridgehead atoms. The maximum absolute atomic E-state index is 13.8. The lowest BCUT2D eigenvalue weighted by Gasteiger charge is -2.21. The minimum atomic E-state index is -0.641. The molecular weight excluding hydrogens is 397 g/mol. The number of hydrogen-bond acceptors (Lipinski definition) is 6. The zero-order valence-electron chi connectivity index (χ0n) is 15.6. The molecule has 0 fully saturated rings. The van der Waals surface area contributed by atoms with E-state index in [4.69, 9.17) is 14.2 Å². The van der Waals surface area contributed by atoms with E-state index in [1.165, 1.54) is 12.1 Å². The fourth-order valence-electron chi connectivity index (χ4n) is 3.05. The molecular formula is C21H18FNO5S. The molecule has 3 aromatic rings. The van der Waals surface area contributed by atoms with Gasteiger partial charge in [-0.05, 0) is 42.8 Å². The number of esters is 1. The Balaban J connectivity index is 1.38. The van der Waals surface area contributed by atoms with Crippen molar-refractivity contribution in [2.24, 2.45) is 0 Å². The van der Waals surface area contributed by atoms with Crippen LogP contribution in [0.15, 0.2) is 42.5 Å². The molecule has 1 aliphatic heterocycles. The molecule has 0 N–H and O–H groups in total. The summed E-state index contributed by atoms with van der Waals surface area (Å²) in [5.74, 6) is -0.0232. The summed E-state index contributed by atoms with van der Waals surface area (Å²) in [6.07, 6.45) is 0. The number of nitrogens with zero attached hydrogens (tertiary/aromatic N) is 1. The van der Waals surface area contributed by atoms with Crippen LogP contribution >= 0.6 is 11.3 Å². The summed E-state index contributed by atoms with van der Waals surface area (Å²) in [7, 11) is 0. The van der Waals surface area contributed by atoms with E-state index >= 15 is 0 Å². The summed E-state index contributed by atoms with van der Waals surface area (Å²) >= 11 is 1.13. The predicted molar refractivity (Wildman–Crippen MR) is 106 cm³/mol. The Kier molecular flexibility index (Phi) is 5.35. The third-order valence-electron chi connectivity index (χ3n) is 4.58. The van der Waals surface area contributed by atoms with Crippen LogP contribution in [0.3, 0.4) is 0 Å². The Labute approximate surface area is 170 Å². The maximum Gasteiger partial charge on any atom is 0.348 e. The Hall–Kier alpha value is -3.13. The molecule has 6 nitrogen and oxygen atoms in total. The van der Waals surface area contributed by atoms with Gasteiger partial charge < -0.3 is 19.1 Å². The lowest BCUT2D eigenvalue weighted by molar-refractivity contribution is -0.134. The molecule has 0 spiro atoms. The van der Waals surface area contributed by atoms with Crippen LogP contribution in [0, 0.1) is 5.82 Å². The molecule has 1 aliphatic rings. The highest BCUT2D eigenvalue weighted by Gasteiger charge is 2.19. The number of hydrogen-bond donors (Lipinski definition) is 0. The number of likely N-dealkylation sites (N-methyl/N-ethyl adjacent to an activating group) is 1. The van der Waals surface area contributed by atoms with Crippen LogP contribution in [0.5, 0.6) is 11.5 Å². The van der Waals surface area contributed by atoms with Crippen molar-refractivity contribution >= 4 is 33.3 Å². The van der Waals surface area contributed by atoms with Gasteiger partial charge in [0.25, 0.3) is 5.91 Å². The van der Waals surface area contributed by atoms with Crippen molar-refractivity contribution in [2.45, 2.75) is 13.5 Å². The highest BCUT2D eigenvalue weighted by atomic mass is 32.1. The molecule has 8 heteroatoms. The van der Waals surface area contributed by atoms with E-state index in [0.717, 1.165) is 16.9 Å². The van der Waals surface area contributed by atoms with Crippen molar-refractivity contribution in [1.29, 1.82) is 0 Å². The normalized spacial score (nSPS) is 12.2. The van der Waals surface area contributed by atoms with E-state index < -0.39 is 11.8 Å². The van der Waals surface area contributed by atoms with Crippen molar-refractivity contribution in [3.63, 3.8) is 0 Å². The minimum absolute atomic E-state index is 0.187. The Bertz CT molecular complexity index is 1080. The van der Waals surface area contributed by atoms with Gasteiger partial charge in [-0.2, -0.15) is 0 Å². The fourth-order valence-corrected chi connectivity index (χ4v) is 4.02. The first-order valence-electron chi connectivity index (χ1n) is 9.06. The topological polar surface area (TPSA) is 65.1 Å². The first kappa shape index (κ1) is 19.2. The van der Waals surface area contributed by atoms with Crippen LogP contribution in [0.1, 0.15) is 22.2 Å². The number of fused-ring (bicyclic) bond motifs is 2. The summed E-state index contributed by atoms with van der Waals surface area (Å²) in [6.45, 7) is 2.47. The SMILES string of the molecule is CCN(Cc1ccc2c(c1)OCO2)C(=O)COC(=O)c1cc2c(F)cccc2s1. The van der Waals surface area contributed by atoms with Crippen LogP contribution in [0.2, 0.25) is 0 Å². The molecule has 0 aliphatic carbocycles. The first-order valence-corrected chi connectivity index (χ1v) is 9.88. The average Bonchev–Trinajstić information content (AvgIpc) is 3.37. The first-order chi connectivity index (χ1) is 14.0. The molecule has 0 saturated heterocycles. The second-order valence-corrected chi connectivity index (χ2v) is 7.52. The van der Waals surface area contributed by atoms with E-state index in [1.807, 2.05) is 19.1 Å². The van der Waals surface area contributed by atoms with E-state index in [-0.39, 0.29) is 24.2 Å². The fraction of sp³-hybridized carbons (Fsp3) is 0.238. The highest BCUT2D eigenvalue weighted by molar-refractivity contribution is 7.20. The highest BCUT2D eigenvalue weighted by Crippen LogP contribution is 2.33. The number of rotatable bonds is 6.